The lowest BCUT2D eigenvalue weighted by Gasteiger charge is -2.07. The third-order valence-electron chi connectivity index (χ3n) is 3.32. The first kappa shape index (κ1) is 17.6. The van der Waals surface area contributed by atoms with E-state index in [2.05, 4.69) is 26.2 Å². The molecule has 0 fully saturated rings. The zero-order valence-electron chi connectivity index (χ0n) is 12.8. The molecule has 1 N–H and O–H groups in total. The Balaban J connectivity index is 2.04. The van der Waals surface area contributed by atoms with Gasteiger partial charge in [0, 0.05) is 4.47 Å². The lowest BCUT2D eigenvalue weighted by atomic mass is 10.1. The summed E-state index contributed by atoms with van der Waals surface area (Å²) in [5, 5.41) is 2.73. The maximum atomic E-state index is 12.0. The molecular formula is C16H17BrN2O3S. The Hall–Kier alpha value is -1.73. The van der Waals surface area contributed by atoms with Crippen molar-refractivity contribution in [2.45, 2.75) is 25.2 Å². The number of sulfone groups is 1. The quantitative estimate of drug-likeness (QED) is 0.841. The molecule has 0 saturated heterocycles. The van der Waals surface area contributed by atoms with Gasteiger partial charge in [-0.1, -0.05) is 19.1 Å². The van der Waals surface area contributed by atoms with Crippen LogP contribution in [0, 0.1) is 6.92 Å². The van der Waals surface area contributed by atoms with Crippen molar-refractivity contribution in [3.63, 3.8) is 0 Å². The van der Waals surface area contributed by atoms with Crippen LogP contribution in [0.3, 0.4) is 0 Å². The van der Waals surface area contributed by atoms with Gasteiger partial charge in [-0.05, 0) is 52.7 Å². The third kappa shape index (κ3) is 4.62. The Morgan fingerprint density at radius 2 is 1.83 bits per heavy atom. The standard InChI is InChI=1S/C16H17BrN2O3S/c1-3-23(21,22)13-6-4-12(5-7-13)10-16(20)19-15-9-8-14(17)11(2)18-15/h4-9H,3,10H2,1-2H3,(H,18,19,20). The molecule has 0 aliphatic rings. The van der Waals surface area contributed by atoms with Crippen LogP contribution in [0.5, 0.6) is 0 Å². The molecule has 0 aliphatic carbocycles. The van der Waals surface area contributed by atoms with Crippen molar-refractivity contribution in [3.05, 3.63) is 52.1 Å². The number of hydrogen-bond acceptors (Lipinski definition) is 4. The number of carbonyl (C=O) groups is 1. The molecule has 0 saturated carbocycles. The minimum Gasteiger partial charge on any atom is -0.310 e. The zero-order chi connectivity index (χ0) is 17.0. The van der Waals surface area contributed by atoms with E-state index < -0.39 is 9.84 Å². The van der Waals surface area contributed by atoms with E-state index in [1.54, 1.807) is 25.1 Å². The summed E-state index contributed by atoms with van der Waals surface area (Å²) < 4.78 is 24.4. The van der Waals surface area contributed by atoms with Crippen LogP contribution in [0.15, 0.2) is 45.8 Å². The van der Waals surface area contributed by atoms with Gasteiger partial charge in [-0.2, -0.15) is 0 Å². The molecule has 1 aromatic heterocycles. The van der Waals surface area contributed by atoms with Crippen LogP contribution in [-0.2, 0) is 21.1 Å². The fourth-order valence-corrected chi connectivity index (χ4v) is 3.07. The predicted molar refractivity (Wildman–Crippen MR) is 93.2 cm³/mol. The van der Waals surface area contributed by atoms with Gasteiger partial charge in [0.2, 0.25) is 5.91 Å². The number of amides is 1. The van der Waals surface area contributed by atoms with Gasteiger partial charge in [0.05, 0.1) is 22.8 Å². The molecule has 23 heavy (non-hydrogen) atoms. The molecule has 1 amide bonds. The summed E-state index contributed by atoms with van der Waals surface area (Å²) in [4.78, 5) is 16.6. The van der Waals surface area contributed by atoms with Gasteiger partial charge >= 0.3 is 0 Å². The summed E-state index contributed by atoms with van der Waals surface area (Å²) in [6.07, 6.45) is 0.156. The van der Waals surface area contributed by atoms with Crippen LogP contribution in [0.1, 0.15) is 18.2 Å². The topological polar surface area (TPSA) is 76.1 Å². The van der Waals surface area contributed by atoms with E-state index >= 15 is 0 Å². The summed E-state index contributed by atoms with van der Waals surface area (Å²) in [6.45, 7) is 3.44. The molecule has 122 valence electrons. The number of nitrogens with zero attached hydrogens (tertiary/aromatic N) is 1. The Labute approximate surface area is 144 Å². The van der Waals surface area contributed by atoms with Gasteiger partial charge in [-0.3, -0.25) is 4.79 Å². The second-order valence-corrected chi connectivity index (χ2v) is 8.17. The SMILES string of the molecule is CCS(=O)(=O)c1ccc(CC(=O)Nc2ccc(Br)c(C)n2)cc1. The van der Waals surface area contributed by atoms with Crippen LogP contribution in [0.4, 0.5) is 5.82 Å². The maximum absolute atomic E-state index is 12.0. The van der Waals surface area contributed by atoms with Gasteiger partial charge in [0.15, 0.2) is 9.84 Å². The van der Waals surface area contributed by atoms with Gasteiger partial charge in [-0.15, -0.1) is 0 Å². The summed E-state index contributed by atoms with van der Waals surface area (Å²) in [5.41, 5.74) is 1.53. The monoisotopic (exact) mass is 396 g/mol. The van der Waals surface area contributed by atoms with Gasteiger partial charge in [0.25, 0.3) is 0 Å². The summed E-state index contributed by atoms with van der Waals surface area (Å²) in [7, 11) is -3.22. The van der Waals surface area contributed by atoms with E-state index in [4.69, 9.17) is 0 Å². The normalized spacial score (nSPS) is 11.3. The van der Waals surface area contributed by atoms with Gasteiger partial charge in [0.1, 0.15) is 5.82 Å². The number of carbonyl (C=O) groups excluding carboxylic acids is 1. The van der Waals surface area contributed by atoms with Crippen molar-refractivity contribution >= 4 is 37.5 Å². The maximum Gasteiger partial charge on any atom is 0.229 e. The molecule has 1 aromatic carbocycles. The van der Waals surface area contributed by atoms with Gasteiger partial charge in [-0.25, -0.2) is 13.4 Å². The summed E-state index contributed by atoms with van der Waals surface area (Å²) in [5.74, 6) is 0.340. The van der Waals surface area contributed by atoms with E-state index in [0.29, 0.717) is 5.82 Å². The number of benzene rings is 1. The number of aromatic nitrogens is 1. The highest BCUT2D eigenvalue weighted by atomic mass is 79.9. The van der Waals surface area contributed by atoms with Crippen LogP contribution in [-0.4, -0.2) is 25.1 Å². The fraction of sp³-hybridized carbons (Fsp3) is 0.250. The van der Waals surface area contributed by atoms with E-state index in [1.807, 2.05) is 13.0 Å². The van der Waals surface area contributed by atoms with Crippen molar-refractivity contribution in [1.29, 1.82) is 0 Å². The molecule has 0 bridgehead atoms. The molecule has 0 spiro atoms. The lowest BCUT2D eigenvalue weighted by Crippen LogP contribution is -2.15. The number of pyridine rings is 1. The molecule has 1 heterocycles. The first-order valence-electron chi connectivity index (χ1n) is 7.06. The zero-order valence-corrected chi connectivity index (χ0v) is 15.2. The van der Waals surface area contributed by atoms with E-state index in [9.17, 15) is 13.2 Å². The number of nitrogens with one attached hydrogen (secondary N) is 1. The van der Waals surface area contributed by atoms with Crippen molar-refractivity contribution in [1.82, 2.24) is 4.98 Å². The average Bonchev–Trinajstić information content (AvgIpc) is 2.51. The average molecular weight is 397 g/mol. The second-order valence-electron chi connectivity index (χ2n) is 5.04. The van der Waals surface area contributed by atoms with Crippen LogP contribution in [0.2, 0.25) is 0 Å². The number of halogens is 1. The molecule has 0 unspecified atom stereocenters. The van der Waals surface area contributed by atoms with Crippen molar-refractivity contribution in [2.24, 2.45) is 0 Å². The Bertz CT molecular complexity index is 818. The molecule has 7 heteroatoms. The molecule has 5 nitrogen and oxygen atoms in total. The highest BCUT2D eigenvalue weighted by Gasteiger charge is 2.12. The highest BCUT2D eigenvalue weighted by molar-refractivity contribution is 9.10. The van der Waals surface area contributed by atoms with Crippen LogP contribution >= 0.6 is 15.9 Å². The van der Waals surface area contributed by atoms with E-state index in [-0.39, 0.29) is 23.0 Å². The first-order chi connectivity index (χ1) is 10.8. The van der Waals surface area contributed by atoms with Crippen LogP contribution in [0.25, 0.3) is 0 Å². The molecular weight excluding hydrogens is 380 g/mol. The predicted octanol–water partition coefficient (Wildman–Crippen LogP) is 3.13. The molecule has 0 aliphatic heterocycles. The van der Waals surface area contributed by atoms with Gasteiger partial charge < -0.3 is 5.32 Å². The minimum absolute atomic E-state index is 0.0570. The first-order valence-corrected chi connectivity index (χ1v) is 9.51. The smallest absolute Gasteiger partial charge is 0.229 e. The Kier molecular flexibility index (Phi) is 5.54. The lowest BCUT2D eigenvalue weighted by molar-refractivity contribution is -0.115. The number of rotatable bonds is 5. The largest absolute Gasteiger partial charge is 0.310 e. The minimum atomic E-state index is -3.22. The Morgan fingerprint density at radius 1 is 1.17 bits per heavy atom. The Morgan fingerprint density at radius 3 is 2.39 bits per heavy atom. The number of anilines is 1. The summed E-state index contributed by atoms with van der Waals surface area (Å²) in [6, 6.07) is 9.91. The number of hydrogen-bond donors (Lipinski definition) is 1. The van der Waals surface area contributed by atoms with Crippen molar-refractivity contribution < 1.29 is 13.2 Å². The second kappa shape index (κ2) is 7.23. The molecule has 2 rings (SSSR count). The summed E-state index contributed by atoms with van der Waals surface area (Å²) >= 11 is 3.35. The van der Waals surface area contributed by atoms with Crippen molar-refractivity contribution in [3.8, 4) is 0 Å². The molecule has 2 aromatic rings. The number of aryl methyl sites for hydroxylation is 1. The van der Waals surface area contributed by atoms with Crippen LogP contribution < -0.4 is 5.32 Å². The third-order valence-corrected chi connectivity index (χ3v) is 5.90. The molecule has 0 atom stereocenters. The van der Waals surface area contributed by atoms with E-state index in [1.165, 1.54) is 12.1 Å². The van der Waals surface area contributed by atoms with E-state index in [0.717, 1.165) is 15.7 Å². The fourth-order valence-electron chi connectivity index (χ4n) is 1.97. The highest BCUT2D eigenvalue weighted by Crippen LogP contribution is 2.17. The van der Waals surface area contributed by atoms with Crippen molar-refractivity contribution in [2.75, 3.05) is 11.1 Å². The molecule has 0 radical (unpaired) electrons.